The zero-order chi connectivity index (χ0) is 15.2. The average molecular weight is 304 g/mol. The molecule has 0 saturated heterocycles. The minimum atomic E-state index is -0.148. The number of carbonyl (C=O) groups excluding carboxylic acids is 1. The third kappa shape index (κ3) is 2.16. The molecule has 1 amide bonds. The van der Waals surface area contributed by atoms with E-state index in [1.165, 1.54) is 0 Å². The fourth-order valence-corrected chi connectivity index (χ4v) is 3.43. The maximum absolute atomic E-state index is 12.3. The lowest BCUT2D eigenvalue weighted by Gasteiger charge is -2.21. The fraction of sp³-hybridized carbons (Fsp3) is 0.353. The lowest BCUT2D eigenvalue weighted by atomic mass is 9.83. The molecular formula is C17H18ClNO2. The van der Waals surface area contributed by atoms with Crippen LogP contribution in [0.3, 0.4) is 0 Å². The van der Waals surface area contributed by atoms with Crippen molar-refractivity contribution in [2.45, 2.75) is 25.7 Å². The van der Waals surface area contributed by atoms with Crippen molar-refractivity contribution in [3.63, 3.8) is 0 Å². The third-order valence-electron chi connectivity index (χ3n) is 4.15. The van der Waals surface area contributed by atoms with Crippen molar-refractivity contribution in [3.05, 3.63) is 35.9 Å². The number of carbonyl (C=O) groups is 1. The molecule has 3 nitrogen and oxygen atoms in total. The van der Waals surface area contributed by atoms with Crippen LogP contribution in [0.1, 0.15) is 25.8 Å². The number of halogens is 1. The highest BCUT2D eigenvalue weighted by Gasteiger charge is 2.39. The Morgan fingerprint density at radius 2 is 2.05 bits per heavy atom. The number of hydrogen-bond donors (Lipinski definition) is 1. The molecule has 2 aromatic carbocycles. The highest BCUT2D eigenvalue weighted by atomic mass is 35.5. The second-order valence-corrected chi connectivity index (χ2v) is 6.51. The van der Waals surface area contributed by atoms with Crippen LogP contribution < -0.4 is 4.90 Å². The van der Waals surface area contributed by atoms with E-state index in [9.17, 15) is 9.90 Å². The Bertz CT molecular complexity index is 724. The van der Waals surface area contributed by atoms with Gasteiger partial charge in [-0.05, 0) is 29.1 Å². The number of anilines is 1. The van der Waals surface area contributed by atoms with Gasteiger partial charge in [-0.25, -0.2) is 0 Å². The quantitative estimate of drug-likeness (QED) is 0.857. The molecule has 0 unspecified atom stereocenters. The van der Waals surface area contributed by atoms with Gasteiger partial charge in [0.05, 0.1) is 0 Å². The van der Waals surface area contributed by atoms with Crippen LogP contribution in [-0.2, 0) is 10.2 Å². The van der Waals surface area contributed by atoms with Gasteiger partial charge in [-0.1, -0.05) is 26.0 Å². The number of phenolic OH excluding ortho intramolecular Hbond substituents is 1. The largest absolute Gasteiger partial charge is 0.507 e. The van der Waals surface area contributed by atoms with Gasteiger partial charge >= 0.3 is 0 Å². The molecule has 1 aliphatic heterocycles. The maximum atomic E-state index is 12.3. The molecule has 0 aromatic heterocycles. The van der Waals surface area contributed by atoms with Crippen LogP contribution in [0.5, 0.6) is 5.75 Å². The summed E-state index contributed by atoms with van der Waals surface area (Å²) in [7, 11) is 0. The number of fused-ring (bicyclic) bond motifs is 3. The van der Waals surface area contributed by atoms with Crippen molar-refractivity contribution >= 4 is 34.0 Å². The van der Waals surface area contributed by atoms with E-state index in [1.54, 1.807) is 6.07 Å². The van der Waals surface area contributed by atoms with Gasteiger partial charge in [0.2, 0.25) is 5.91 Å². The van der Waals surface area contributed by atoms with Crippen LogP contribution in [0.2, 0.25) is 0 Å². The van der Waals surface area contributed by atoms with E-state index in [0.29, 0.717) is 18.8 Å². The molecule has 0 bridgehead atoms. The second kappa shape index (κ2) is 4.92. The zero-order valence-electron chi connectivity index (χ0n) is 12.2. The van der Waals surface area contributed by atoms with Gasteiger partial charge < -0.3 is 10.0 Å². The van der Waals surface area contributed by atoms with Crippen molar-refractivity contribution in [1.29, 1.82) is 0 Å². The standard InChI is InChI=1S/C17H18ClNO2/c1-17(2)10-19(15(21)8-9-18)13-7-6-11-12(16(13)17)4-3-5-14(11)20/h3-7,20H,8-10H2,1-2H3. The summed E-state index contributed by atoms with van der Waals surface area (Å²) in [6.07, 6.45) is 0.342. The lowest BCUT2D eigenvalue weighted by Crippen LogP contribution is -2.33. The first kappa shape index (κ1) is 14.2. The van der Waals surface area contributed by atoms with Crippen LogP contribution in [-0.4, -0.2) is 23.4 Å². The average Bonchev–Trinajstić information content (AvgIpc) is 2.72. The molecular weight excluding hydrogens is 286 g/mol. The molecule has 110 valence electrons. The number of benzene rings is 2. The topological polar surface area (TPSA) is 40.5 Å². The zero-order valence-corrected chi connectivity index (χ0v) is 12.9. The van der Waals surface area contributed by atoms with Gasteiger partial charge in [0.25, 0.3) is 0 Å². The van der Waals surface area contributed by atoms with Crippen LogP contribution in [0, 0.1) is 0 Å². The van der Waals surface area contributed by atoms with Crippen molar-refractivity contribution in [2.75, 3.05) is 17.3 Å². The molecule has 1 heterocycles. The van der Waals surface area contributed by atoms with Crippen LogP contribution >= 0.6 is 11.6 Å². The molecule has 3 rings (SSSR count). The Hall–Kier alpha value is -1.74. The number of hydrogen-bond acceptors (Lipinski definition) is 2. The van der Waals surface area contributed by atoms with E-state index in [1.807, 2.05) is 29.2 Å². The number of amides is 1. The van der Waals surface area contributed by atoms with Crippen LogP contribution in [0.15, 0.2) is 30.3 Å². The van der Waals surface area contributed by atoms with E-state index >= 15 is 0 Å². The summed E-state index contributed by atoms with van der Waals surface area (Å²) in [5.41, 5.74) is 1.91. The summed E-state index contributed by atoms with van der Waals surface area (Å²) in [6.45, 7) is 4.90. The lowest BCUT2D eigenvalue weighted by molar-refractivity contribution is -0.118. The highest BCUT2D eigenvalue weighted by molar-refractivity contribution is 6.19. The molecule has 0 saturated carbocycles. The van der Waals surface area contributed by atoms with Gasteiger partial charge in [0.15, 0.2) is 0 Å². The first-order valence-corrected chi connectivity index (χ1v) is 7.60. The summed E-state index contributed by atoms with van der Waals surface area (Å²) >= 11 is 5.71. The van der Waals surface area contributed by atoms with Gasteiger partial charge in [-0.2, -0.15) is 0 Å². The summed E-state index contributed by atoms with van der Waals surface area (Å²) < 4.78 is 0. The summed E-state index contributed by atoms with van der Waals surface area (Å²) in [5.74, 6) is 0.660. The predicted octanol–water partition coefficient (Wildman–Crippen LogP) is 3.80. The van der Waals surface area contributed by atoms with Gasteiger partial charge in [0.1, 0.15) is 5.75 Å². The third-order valence-corrected chi connectivity index (χ3v) is 4.34. The number of alkyl halides is 1. The molecule has 0 fully saturated rings. The fourth-order valence-electron chi connectivity index (χ4n) is 3.26. The van der Waals surface area contributed by atoms with Gasteiger partial charge in [-0.15, -0.1) is 11.6 Å². The van der Waals surface area contributed by atoms with Gasteiger partial charge in [-0.3, -0.25) is 4.79 Å². The van der Waals surface area contributed by atoms with E-state index in [0.717, 1.165) is 22.0 Å². The Morgan fingerprint density at radius 1 is 1.29 bits per heavy atom. The van der Waals surface area contributed by atoms with Crippen LogP contribution in [0.4, 0.5) is 5.69 Å². The molecule has 0 spiro atoms. The molecule has 1 N–H and O–H groups in total. The Kier molecular flexibility index (Phi) is 3.33. The van der Waals surface area contributed by atoms with Crippen molar-refractivity contribution < 1.29 is 9.90 Å². The summed E-state index contributed by atoms with van der Waals surface area (Å²) in [5, 5.41) is 11.9. The molecule has 1 aliphatic rings. The summed E-state index contributed by atoms with van der Waals surface area (Å²) in [6, 6.07) is 9.35. The maximum Gasteiger partial charge on any atom is 0.228 e. The molecule has 0 aliphatic carbocycles. The van der Waals surface area contributed by atoms with Gasteiger partial charge in [0, 0.05) is 35.3 Å². The van der Waals surface area contributed by atoms with E-state index in [4.69, 9.17) is 11.6 Å². The van der Waals surface area contributed by atoms with Crippen molar-refractivity contribution in [1.82, 2.24) is 0 Å². The number of aromatic hydroxyl groups is 1. The number of rotatable bonds is 2. The number of phenols is 1. The SMILES string of the molecule is CC1(C)CN(C(=O)CCCl)c2ccc3c(O)cccc3c21. The van der Waals surface area contributed by atoms with E-state index in [-0.39, 0.29) is 17.1 Å². The smallest absolute Gasteiger partial charge is 0.228 e. The predicted molar refractivity (Wildman–Crippen MR) is 86.3 cm³/mol. The molecule has 0 radical (unpaired) electrons. The minimum absolute atomic E-state index is 0.0522. The molecule has 2 aromatic rings. The molecule has 0 atom stereocenters. The van der Waals surface area contributed by atoms with Crippen molar-refractivity contribution in [2.24, 2.45) is 0 Å². The first-order valence-electron chi connectivity index (χ1n) is 7.07. The summed E-state index contributed by atoms with van der Waals surface area (Å²) in [4.78, 5) is 14.1. The highest BCUT2D eigenvalue weighted by Crippen LogP contribution is 2.46. The Labute approximate surface area is 129 Å². The Morgan fingerprint density at radius 3 is 2.76 bits per heavy atom. The number of nitrogens with zero attached hydrogens (tertiary/aromatic N) is 1. The normalized spacial score (nSPS) is 16.2. The van der Waals surface area contributed by atoms with Crippen LogP contribution in [0.25, 0.3) is 10.8 Å². The first-order chi connectivity index (χ1) is 9.95. The monoisotopic (exact) mass is 303 g/mol. The molecule has 21 heavy (non-hydrogen) atoms. The van der Waals surface area contributed by atoms with E-state index in [2.05, 4.69) is 13.8 Å². The minimum Gasteiger partial charge on any atom is -0.507 e. The molecule has 4 heteroatoms. The second-order valence-electron chi connectivity index (χ2n) is 6.13. The Balaban J connectivity index is 2.23. The van der Waals surface area contributed by atoms with E-state index < -0.39 is 0 Å². The van der Waals surface area contributed by atoms with Crippen molar-refractivity contribution in [3.8, 4) is 5.75 Å².